The van der Waals surface area contributed by atoms with Crippen LogP contribution in [0.5, 0.6) is 0 Å². The van der Waals surface area contributed by atoms with Crippen molar-refractivity contribution in [3.05, 3.63) is 29.9 Å². The van der Waals surface area contributed by atoms with Gasteiger partial charge in [0.2, 0.25) is 5.82 Å². The molecule has 4 nitrogen and oxygen atoms in total. The summed E-state index contributed by atoms with van der Waals surface area (Å²) in [6.07, 6.45) is 0.517. The second kappa shape index (κ2) is 5.37. The maximum absolute atomic E-state index is 12.1. The molecule has 0 amide bonds. The molecule has 1 aromatic rings. The lowest BCUT2D eigenvalue weighted by Crippen LogP contribution is -2.15. The molecule has 0 saturated carbocycles. The number of nitrogens with two attached hydrogens (primary N) is 1. The van der Waals surface area contributed by atoms with Crippen LogP contribution in [0.4, 0.5) is 13.2 Å². The topological polar surface area (TPSA) is 68.9 Å². The first-order valence-corrected chi connectivity index (χ1v) is 5.80. The summed E-state index contributed by atoms with van der Waals surface area (Å²) in [4.78, 5) is 6.36. The van der Waals surface area contributed by atoms with Crippen molar-refractivity contribution in [2.75, 3.05) is 0 Å². The summed E-state index contributed by atoms with van der Waals surface area (Å²) >= 11 is 0. The summed E-state index contributed by atoms with van der Waals surface area (Å²) < 4.78 is 47.2. The molecule has 2 N–H and O–H groups in total. The fourth-order valence-electron chi connectivity index (χ4n) is 0.895. The summed E-state index contributed by atoms with van der Waals surface area (Å²) in [6, 6.07) is 0. The van der Waals surface area contributed by atoms with Crippen molar-refractivity contribution in [3.63, 3.8) is 0 Å². The molecule has 0 bridgehead atoms. The zero-order valence-electron chi connectivity index (χ0n) is 8.81. The summed E-state index contributed by atoms with van der Waals surface area (Å²) in [7, 11) is -1.51. The first-order valence-electron chi connectivity index (χ1n) is 4.53. The molecule has 8 heteroatoms. The van der Waals surface area contributed by atoms with E-state index in [-0.39, 0.29) is 0 Å². The van der Waals surface area contributed by atoms with Gasteiger partial charge in [-0.25, -0.2) is 14.2 Å². The number of hydrogen-bond donors (Lipinski definition) is 1. The Balaban J connectivity index is 2.79. The Morgan fingerprint density at radius 2 is 1.94 bits per heavy atom. The highest BCUT2D eigenvalue weighted by Gasteiger charge is 2.34. The zero-order valence-corrected chi connectivity index (χ0v) is 9.63. The van der Waals surface area contributed by atoms with E-state index in [0.29, 0.717) is 5.56 Å². The molecule has 1 aromatic heterocycles. The minimum atomic E-state index is -4.55. The summed E-state index contributed by atoms with van der Waals surface area (Å²) in [5.41, 5.74) is 0.385. The molecule has 2 unspecified atom stereocenters. The highest BCUT2D eigenvalue weighted by molar-refractivity contribution is 7.83. The molecule has 0 radical (unpaired) electrons. The third-order valence-electron chi connectivity index (χ3n) is 1.85. The van der Waals surface area contributed by atoms with E-state index in [9.17, 15) is 17.4 Å². The third-order valence-corrected chi connectivity index (χ3v) is 2.74. The molecule has 0 saturated heterocycles. The number of halogens is 3. The molecule has 94 valence electrons. The van der Waals surface area contributed by atoms with Gasteiger partial charge in [-0.2, -0.15) is 13.2 Å². The SMILES string of the molecule is CC(/C=C/c1cnc(C(F)(F)F)nc1)S(N)=O. The van der Waals surface area contributed by atoms with Crippen LogP contribution in [0.2, 0.25) is 0 Å². The fraction of sp³-hybridized carbons (Fsp3) is 0.333. The van der Waals surface area contributed by atoms with Crippen molar-refractivity contribution >= 4 is 17.1 Å². The number of aromatic nitrogens is 2. The van der Waals surface area contributed by atoms with Crippen molar-refractivity contribution in [2.45, 2.75) is 18.3 Å². The number of hydrogen-bond acceptors (Lipinski definition) is 3. The highest BCUT2D eigenvalue weighted by Crippen LogP contribution is 2.25. The Bertz CT molecular complexity index is 430. The van der Waals surface area contributed by atoms with E-state index in [2.05, 4.69) is 9.97 Å². The average Bonchev–Trinajstić information content (AvgIpc) is 2.25. The minimum Gasteiger partial charge on any atom is -0.251 e. The zero-order chi connectivity index (χ0) is 13.1. The Kier molecular flexibility index (Phi) is 4.35. The predicted octanol–water partition coefficient (Wildman–Crippen LogP) is 1.52. The predicted molar refractivity (Wildman–Crippen MR) is 57.9 cm³/mol. The van der Waals surface area contributed by atoms with Gasteiger partial charge in [0, 0.05) is 18.0 Å². The van der Waals surface area contributed by atoms with E-state index < -0.39 is 28.2 Å². The lowest BCUT2D eigenvalue weighted by atomic mass is 10.3. The van der Waals surface area contributed by atoms with Crippen molar-refractivity contribution < 1.29 is 17.4 Å². The summed E-state index contributed by atoms with van der Waals surface area (Å²) in [6.45, 7) is 1.62. The number of alkyl halides is 3. The molecule has 0 spiro atoms. The van der Waals surface area contributed by atoms with E-state index in [1.807, 2.05) is 0 Å². The maximum atomic E-state index is 12.1. The van der Waals surface area contributed by atoms with Crippen LogP contribution in [0.1, 0.15) is 18.3 Å². The van der Waals surface area contributed by atoms with Crippen LogP contribution in [-0.4, -0.2) is 19.4 Å². The van der Waals surface area contributed by atoms with Gasteiger partial charge in [0.25, 0.3) is 0 Å². The Hall–Kier alpha value is -1.28. The van der Waals surface area contributed by atoms with Gasteiger partial charge in [-0.05, 0) is 6.92 Å². The van der Waals surface area contributed by atoms with E-state index >= 15 is 0 Å². The third kappa shape index (κ3) is 4.23. The van der Waals surface area contributed by atoms with Gasteiger partial charge in [-0.3, -0.25) is 5.14 Å². The molecule has 2 atom stereocenters. The number of rotatable bonds is 3. The van der Waals surface area contributed by atoms with Crippen LogP contribution in [-0.2, 0) is 17.2 Å². The van der Waals surface area contributed by atoms with Crippen LogP contribution in [0.25, 0.3) is 6.08 Å². The van der Waals surface area contributed by atoms with Crippen LogP contribution in [0, 0.1) is 0 Å². The minimum absolute atomic E-state index is 0.385. The van der Waals surface area contributed by atoms with Crippen LogP contribution < -0.4 is 5.14 Å². The van der Waals surface area contributed by atoms with Crippen molar-refractivity contribution in [1.82, 2.24) is 9.97 Å². The normalized spacial score (nSPS) is 16.1. The van der Waals surface area contributed by atoms with E-state index in [1.54, 1.807) is 6.92 Å². The average molecular weight is 265 g/mol. The van der Waals surface area contributed by atoms with Gasteiger partial charge in [0.1, 0.15) is 0 Å². The molecule has 0 fully saturated rings. The molecular weight excluding hydrogens is 255 g/mol. The van der Waals surface area contributed by atoms with Gasteiger partial charge in [0.15, 0.2) is 0 Å². The van der Waals surface area contributed by atoms with Gasteiger partial charge in [-0.1, -0.05) is 12.2 Å². The number of nitrogens with zero attached hydrogens (tertiary/aromatic N) is 2. The quantitative estimate of drug-likeness (QED) is 0.900. The first-order chi connectivity index (χ1) is 7.80. The van der Waals surface area contributed by atoms with E-state index in [0.717, 1.165) is 12.4 Å². The van der Waals surface area contributed by atoms with E-state index in [4.69, 9.17) is 5.14 Å². The van der Waals surface area contributed by atoms with Crippen molar-refractivity contribution in [3.8, 4) is 0 Å². The molecule has 1 rings (SSSR count). The van der Waals surface area contributed by atoms with Gasteiger partial charge < -0.3 is 0 Å². The lowest BCUT2D eigenvalue weighted by molar-refractivity contribution is -0.145. The van der Waals surface area contributed by atoms with Gasteiger partial charge >= 0.3 is 6.18 Å². The van der Waals surface area contributed by atoms with Crippen LogP contribution >= 0.6 is 0 Å². The van der Waals surface area contributed by atoms with Gasteiger partial charge in [-0.15, -0.1) is 0 Å². The fourth-order valence-corrected chi connectivity index (χ4v) is 1.13. The Labute approximate surface area is 98.4 Å². The highest BCUT2D eigenvalue weighted by atomic mass is 32.2. The smallest absolute Gasteiger partial charge is 0.251 e. The standard InChI is InChI=1S/C9H10F3N3OS/c1-6(17(13)16)2-3-7-4-14-8(15-5-7)9(10,11)12/h2-6H,13H2,1H3/b3-2+. The van der Waals surface area contributed by atoms with E-state index in [1.165, 1.54) is 12.2 Å². The van der Waals surface area contributed by atoms with Gasteiger partial charge in [0.05, 0.1) is 16.2 Å². The van der Waals surface area contributed by atoms with Crippen LogP contribution in [0.15, 0.2) is 18.5 Å². The molecule has 17 heavy (non-hydrogen) atoms. The largest absolute Gasteiger partial charge is 0.451 e. The molecule has 0 aliphatic carbocycles. The van der Waals surface area contributed by atoms with Crippen molar-refractivity contribution in [2.24, 2.45) is 5.14 Å². The summed E-state index contributed by atoms with van der Waals surface area (Å²) in [5, 5.41) is 4.73. The lowest BCUT2D eigenvalue weighted by Gasteiger charge is -2.04. The second-order valence-electron chi connectivity index (χ2n) is 3.23. The molecule has 0 aromatic carbocycles. The molecule has 0 aliphatic rings. The second-order valence-corrected chi connectivity index (χ2v) is 4.63. The monoisotopic (exact) mass is 265 g/mol. The van der Waals surface area contributed by atoms with Crippen LogP contribution in [0.3, 0.4) is 0 Å². The Morgan fingerprint density at radius 3 is 2.35 bits per heavy atom. The first kappa shape index (κ1) is 13.8. The van der Waals surface area contributed by atoms with Crippen molar-refractivity contribution in [1.29, 1.82) is 0 Å². The maximum Gasteiger partial charge on any atom is 0.451 e. The Morgan fingerprint density at radius 1 is 1.41 bits per heavy atom. The summed E-state index contributed by atoms with van der Waals surface area (Å²) in [5.74, 6) is -1.19. The molecular formula is C9H10F3N3OS. The molecule has 0 aliphatic heterocycles. The molecule has 1 heterocycles.